The summed E-state index contributed by atoms with van der Waals surface area (Å²) in [5.74, 6) is -1.17. The van der Waals surface area contributed by atoms with E-state index < -0.39 is 23.1 Å². The summed E-state index contributed by atoms with van der Waals surface area (Å²) in [6, 6.07) is 11.4. The number of methoxy groups -OCH3 is 1. The number of para-hydroxylation sites is 1. The highest BCUT2D eigenvalue weighted by Gasteiger charge is 2.39. The van der Waals surface area contributed by atoms with Crippen LogP contribution in [-0.4, -0.2) is 55.5 Å². The molecule has 0 saturated carbocycles. The number of hydrogen-bond donors (Lipinski definition) is 0. The van der Waals surface area contributed by atoms with Crippen LogP contribution in [0.3, 0.4) is 0 Å². The minimum Gasteiger partial charge on any atom is -0.496 e. The number of ether oxygens (including phenoxy) is 1. The fourth-order valence-corrected chi connectivity index (χ4v) is 4.70. The Labute approximate surface area is 170 Å². The topological polar surface area (TPSA) is 32.8 Å². The van der Waals surface area contributed by atoms with Crippen LogP contribution >= 0.6 is 0 Å². The van der Waals surface area contributed by atoms with E-state index in [1.165, 1.54) is 18.9 Å². The molecule has 0 spiro atoms. The number of hydrogen-bond acceptors (Lipinski definition) is 3. The van der Waals surface area contributed by atoms with Crippen molar-refractivity contribution in [3.05, 3.63) is 65.2 Å². The third-order valence-electron chi connectivity index (χ3n) is 6.13. The van der Waals surface area contributed by atoms with Crippen molar-refractivity contribution >= 4 is 5.91 Å². The van der Waals surface area contributed by atoms with Crippen molar-refractivity contribution in [1.82, 2.24) is 9.80 Å². The highest BCUT2D eigenvalue weighted by molar-refractivity contribution is 5.95. The average Bonchev–Trinajstić information content (AvgIpc) is 3.38. The Morgan fingerprint density at radius 2 is 1.72 bits per heavy atom. The Morgan fingerprint density at radius 3 is 2.41 bits per heavy atom. The van der Waals surface area contributed by atoms with Gasteiger partial charge in [-0.05, 0) is 55.6 Å². The second kappa shape index (κ2) is 8.49. The summed E-state index contributed by atoms with van der Waals surface area (Å²) in [6.45, 7) is 3.89. The molecule has 154 valence electrons. The predicted molar refractivity (Wildman–Crippen MR) is 107 cm³/mol. The summed E-state index contributed by atoms with van der Waals surface area (Å²) in [5.41, 5.74) is 0.580. The molecule has 2 heterocycles. The minimum absolute atomic E-state index is 0.0607. The Morgan fingerprint density at radius 1 is 1.03 bits per heavy atom. The molecule has 0 bridgehead atoms. The van der Waals surface area contributed by atoms with Crippen LogP contribution in [0.25, 0.3) is 0 Å². The van der Waals surface area contributed by atoms with Gasteiger partial charge in [-0.25, -0.2) is 8.78 Å². The smallest absolute Gasteiger partial charge is 0.259 e. The van der Waals surface area contributed by atoms with E-state index in [-0.39, 0.29) is 11.8 Å². The number of benzene rings is 2. The number of rotatable bonds is 5. The van der Waals surface area contributed by atoms with E-state index in [4.69, 9.17) is 4.74 Å². The van der Waals surface area contributed by atoms with Gasteiger partial charge in [0.1, 0.15) is 22.9 Å². The molecule has 2 aromatic rings. The van der Waals surface area contributed by atoms with Crippen LogP contribution in [-0.2, 0) is 0 Å². The van der Waals surface area contributed by atoms with E-state index in [0.29, 0.717) is 13.1 Å². The fraction of sp³-hybridized carbons (Fsp3) is 0.435. The normalized spacial score (nSPS) is 22.2. The van der Waals surface area contributed by atoms with E-state index in [1.807, 2.05) is 24.3 Å². The number of nitrogens with zero attached hydrogens (tertiary/aromatic N) is 2. The Balaban J connectivity index is 1.63. The third kappa shape index (κ3) is 3.99. The third-order valence-corrected chi connectivity index (χ3v) is 6.13. The minimum atomic E-state index is -0.813. The second-order valence-corrected chi connectivity index (χ2v) is 7.92. The van der Waals surface area contributed by atoms with Crippen molar-refractivity contribution in [2.75, 3.05) is 39.8 Å². The van der Waals surface area contributed by atoms with Crippen LogP contribution in [0.15, 0.2) is 42.5 Å². The summed E-state index contributed by atoms with van der Waals surface area (Å²) < 4.78 is 34.0. The summed E-state index contributed by atoms with van der Waals surface area (Å²) in [4.78, 5) is 17.0. The number of carbonyl (C=O) groups is 1. The zero-order valence-electron chi connectivity index (χ0n) is 16.6. The zero-order chi connectivity index (χ0) is 20.4. The highest BCUT2D eigenvalue weighted by atomic mass is 19.1. The maximum absolute atomic E-state index is 14.2. The maximum atomic E-state index is 14.2. The molecule has 2 aliphatic heterocycles. The lowest BCUT2D eigenvalue weighted by Crippen LogP contribution is -2.33. The van der Waals surface area contributed by atoms with Crippen molar-refractivity contribution in [3.8, 4) is 5.75 Å². The molecule has 1 amide bonds. The van der Waals surface area contributed by atoms with E-state index in [9.17, 15) is 13.6 Å². The molecule has 2 fully saturated rings. The van der Waals surface area contributed by atoms with Crippen LogP contribution in [0.4, 0.5) is 8.78 Å². The Hall–Kier alpha value is -2.47. The van der Waals surface area contributed by atoms with E-state index in [1.54, 1.807) is 12.0 Å². The summed E-state index contributed by atoms with van der Waals surface area (Å²) in [7, 11) is 1.64. The van der Waals surface area contributed by atoms with Gasteiger partial charge < -0.3 is 14.5 Å². The van der Waals surface area contributed by atoms with E-state index >= 15 is 0 Å². The fourth-order valence-electron chi connectivity index (χ4n) is 4.70. The average molecular weight is 400 g/mol. The van der Waals surface area contributed by atoms with Gasteiger partial charge in [0.2, 0.25) is 0 Å². The maximum Gasteiger partial charge on any atom is 0.259 e. The highest BCUT2D eigenvalue weighted by Crippen LogP contribution is 2.39. The number of likely N-dealkylation sites (tertiary alicyclic amines) is 2. The molecule has 0 N–H and O–H groups in total. The molecule has 0 aliphatic carbocycles. The zero-order valence-corrected chi connectivity index (χ0v) is 16.6. The van der Waals surface area contributed by atoms with Crippen LogP contribution in [0.1, 0.15) is 34.7 Å². The molecular formula is C23H26F2N2O2. The molecule has 0 aromatic heterocycles. The Kier molecular flexibility index (Phi) is 5.81. The SMILES string of the molecule is COc1ccccc1C1CN(C(=O)c2c(F)cccc2F)CC1CN1CCCC1. The summed E-state index contributed by atoms with van der Waals surface area (Å²) in [6.07, 6.45) is 2.38. The number of halogens is 2. The second-order valence-electron chi connectivity index (χ2n) is 7.92. The molecule has 6 heteroatoms. The molecule has 2 atom stereocenters. The van der Waals surface area contributed by atoms with Crippen LogP contribution in [0, 0.1) is 17.6 Å². The van der Waals surface area contributed by atoms with Crippen LogP contribution in [0.2, 0.25) is 0 Å². The Bertz CT molecular complexity index is 863. The first-order valence-electron chi connectivity index (χ1n) is 10.2. The molecular weight excluding hydrogens is 374 g/mol. The van der Waals surface area contributed by atoms with Crippen molar-refractivity contribution < 1.29 is 18.3 Å². The standard InChI is InChI=1S/C23H26F2N2O2/c1-29-21-10-3-2-7-17(21)18-15-27(14-16(18)13-26-11-4-5-12-26)23(28)22-19(24)8-6-9-20(22)25/h2-3,6-10,16,18H,4-5,11-15H2,1H3. The van der Waals surface area contributed by atoms with Gasteiger partial charge in [-0.15, -0.1) is 0 Å². The van der Waals surface area contributed by atoms with E-state index in [2.05, 4.69) is 4.90 Å². The quantitative estimate of drug-likeness (QED) is 0.763. The van der Waals surface area contributed by atoms with Gasteiger partial charge in [-0.3, -0.25) is 4.79 Å². The lowest BCUT2D eigenvalue weighted by atomic mass is 9.88. The monoisotopic (exact) mass is 400 g/mol. The lowest BCUT2D eigenvalue weighted by molar-refractivity contribution is 0.0774. The first kappa shape index (κ1) is 19.8. The van der Waals surface area contributed by atoms with E-state index in [0.717, 1.165) is 43.1 Å². The van der Waals surface area contributed by atoms with Crippen molar-refractivity contribution in [2.45, 2.75) is 18.8 Å². The van der Waals surface area contributed by atoms with Crippen molar-refractivity contribution in [1.29, 1.82) is 0 Å². The summed E-state index contributed by atoms with van der Waals surface area (Å²) in [5, 5.41) is 0. The van der Waals surface area contributed by atoms with Gasteiger partial charge in [0.15, 0.2) is 0 Å². The van der Waals surface area contributed by atoms with Gasteiger partial charge in [-0.1, -0.05) is 24.3 Å². The van der Waals surface area contributed by atoms with Gasteiger partial charge in [0.25, 0.3) is 5.91 Å². The van der Waals surface area contributed by atoms with Crippen LogP contribution < -0.4 is 4.74 Å². The molecule has 0 radical (unpaired) electrons. The van der Waals surface area contributed by atoms with Crippen LogP contribution in [0.5, 0.6) is 5.75 Å². The molecule has 29 heavy (non-hydrogen) atoms. The molecule has 4 nitrogen and oxygen atoms in total. The first-order chi connectivity index (χ1) is 14.1. The molecule has 2 saturated heterocycles. The predicted octanol–water partition coefficient (Wildman–Crippen LogP) is 3.93. The van der Waals surface area contributed by atoms with Gasteiger partial charge in [0.05, 0.1) is 7.11 Å². The van der Waals surface area contributed by atoms with Gasteiger partial charge >= 0.3 is 0 Å². The van der Waals surface area contributed by atoms with Crippen molar-refractivity contribution in [3.63, 3.8) is 0 Å². The number of carbonyl (C=O) groups excluding carboxylic acids is 1. The molecule has 4 rings (SSSR count). The largest absolute Gasteiger partial charge is 0.496 e. The summed E-state index contributed by atoms with van der Waals surface area (Å²) >= 11 is 0. The van der Waals surface area contributed by atoms with Crippen molar-refractivity contribution in [2.24, 2.45) is 5.92 Å². The number of amides is 1. The van der Waals surface area contributed by atoms with Gasteiger partial charge in [0, 0.05) is 25.6 Å². The first-order valence-corrected chi connectivity index (χ1v) is 10.2. The molecule has 2 aliphatic rings. The molecule has 2 unspecified atom stereocenters. The van der Waals surface area contributed by atoms with Gasteiger partial charge in [-0.2, -0.15) is 0 Å². The lowest BCUT2D eigenvalue weighted by Gasteiger charge is -2.25. The molecule has 2 aromatic carbocycles.